The lowest BCUT2D eigenvalue weighted by Crippen LogP contribution is -2.27. The fourth-order valence-electron chi connectivity index (χ4n) is 1.38. The van der Waals surface area contributed by atoms with Gasteiger partial charge in [0.15, 0.2) is 0 Å². The van der Waals surface area contributed by atoms with Crippen molar-refractivity contribution < 1.29 is 0 Å². The Bertz CT molecular complexity index is 354. The minimum Gasteiger partial charge on any atom is -0.271 e. The molecule has 0 spiro atoms. The van der Waals surface area contributed by atoms with E-state index in [-0.39, 0.29) is 6.04 Å². The zero-order valence-corrected chi connectivity index (χ0v) is 10.3. The van der Waals surface area contributed by atoms with Gasteiger partial charge in [-0.1, -0.05) is 11.6 Å². The van der Waals surface area contributed by atoms with E-state index >= 15 is 0 Å². The molecule has 0 amide bonds. The number of aryl methyl sites for hydroxylation is 1. The first-order valence-corrected chi connectivity index (χ1v) is 6.09. The van der Waals surface area contributed by atoms with Gasteiger partial charge < -0.3 is 0 Å². The van der Waals surface area contributed by atoms with Gasteiger partial charge in [0.1, 0.15) is 0 Å². The van der Waals surface area contributed by atoms with Crippen LogP contribution in [0.1, 0.15) is 35.7 Å². The molecule has 0 aliphatic heterocycles. The predicted octanol–water partition coefficient (Wildman–Crippen LogP) is 3.02. The highest BCUT2D eigenvalue weighted by Crippen LogP contribution is 2.34. The van der Waals surface area contributed by atoms with E-state index in [4.69, 9.17) is 23.9 Å². The Morgan fingerprint density at radius 3 is 2.93 bits per heavy atom. The van der Waals surface area contributed by atoms with Gasteiger partial charge >= 0.3 is 0 Å². The van der Waals surface area contributed by atoms with Crippen LogP contribution in [0.2, 0.25) is 5.02 Å². The second-order valence-corrected chi connectivity index (χ2v) is 4.70. The number of nitrogens with one attached hydrogen (secondary N) is 1. The maximum absolute atomic E-state index is 6.17. The quantitative estimate of drug-likeness (QED) is 0.361. The average Bonchev–Trinajstić information content (AvgIpc) is 2.56. The molecule has 1 aromatic heterocycles. The van der Waals surface area contributed by atoms with E-state index in [9.17, 15) is 0 Å². The molecule has 3 N–H and O–H groups in total. The number of unbranched alkanes of at least 4 members (excludes halogenated alkanes) is 1. The lowest BCUT2D eigenvalue weighted by Gasteiger charge is -2.14. The standard InChI is InChI=1S/C11H15ClN2S/c1-3-4-5-6-9(14-13)11-10(12)8(2)7-15-11/h1,7,9,14H,4-6,13H2,2H3. The third-order valence-electron chi connectivity index (χ3n) is 2.26. The molecule has 1 unspecified atom stereocenters. The summed E-state index contributed by atoms with van der Waals surface area (Å²) in [5.74, 6) is 8.13. The Hall–Kier alpha value is -0.530. The third kappa shape index (κ3) is 3.22. The van der Waals surface area contributed by atoms with E-state index in [1.807, 2.05) is 12.3 Å². The minimum atomic E-state index is 0.115. The van der Waals surface area contributed by atoms with Crippen LogP contribution in [0.3, 0.4) is 0 Å². The van der Waals surface area contributed by atoms with Crippen molar-refractivity contribution in [2.24, 2.45) is 5.84 Å². The van der Waals surface area contributed by atoms with E-state index in [1.165, 1.54) is 0 Å². The second-order valence-electron chi connectivity index (χ2n) is 3.41. The van der Waals surface area contributed by atoms with Crippen LogP contribution in [0, 0.1) is 19.3 Å². The van der Waals surface area contributed by atoms with Crippen molar-refractivity contribution >= 4 is 22.9 Å². The summed E-state index contributed by atoms with van der Waals surface area (Å²) in [5, 5.41) is 2.87. The molecule has 1 atom stereocenters. The SMILES string of the molecule is C#CCCCC(NN)c1scc(C)c1Cl. The van der Waals surface area contributed by atoms with Gasteiger partial charge in [0.2, 0.25) is 0 Å². The molecule has 1 aromatic rings. The van der Waals surface area contributed by atoms with E-state index < -0.39 is 0 Å². The van der Waals surface area contributed by atoms with Crippen molar-refractivity contribution in [3.63, 3.8) is 0 Å². The highest BCUT2D eigenvalue weighted by Gasteiger charge is 2.16. The van der Waals surface area contributed by atoms with E-state index in [1.54, 1.807) is 11.3 Å². The lowest BCUT2D eigenvalue weighted by atomic mass is 10.1. The van der Waals surface area contributed by atoms with Gasteiger partial charge in [-0.15, -0.1) is 23.7 Å². The normalized spacial score (nSPS) is 12.4. The first-order valence-electron chi connectivity index (χ1n) is 4.83. The van der Waals surface area contributed by atoms with Crippen molar-refractivity contribution in [2.75, 3.05) is 0 Å². The largest absolute Gasteiger partial charge is 0.271 e. The zero-order chi connectivity index (χ0) is 11.3. The van der Waals surface area contributed by atoms with Crippen LogP contribution >= 0.6 is 22.9 Å². The van der Waals surface area contributed by atoms with Crippen LogP contribution in [-0.2, 0) is 0 Å². The Morgan fingerprint density at radius 2 is 2.47 bits per heavy atom. The smallest absolute Gasteiger partial charge is 0.0590 e. The van der Waals surface area contributed by atoms with Crippen LogP contribution in [0.25, 0.3) is 0 Å². The van der Waals surface area contributed by atoms with Crippen LogP contribution in [-0.4, -0.2) is 0 Å². The van der Waals surface area contributed by atoms with Gasteiger partial charge in [-0.05, 0) is 30.7 Å². The fourth-order valence-corrected chi connectivity index (χ4v) is 2.80. The summed E-state index contributed by atoms with van der Waals surface area (Å²) in [6.07, 6.45) is 7.86. The lowest BCUT2D eigenvalue weighted by molar-refractivity contribution is 0.509. The van der Waals surface area contributed by atoms with Gasteiger partial charge in [-0.2, -0.15) is 0 Å². The van der Waals surface area contributed by atoms with E-state index in [0.717, 1.165) is 34.7 Å². The van der Waals surface area contributed by atoms with Gasteiger partial charge in [-0.25, -0.2) is 0 Å². The number of hydrazine groups is 1. The average molecular weight is 243 g/mol. The Kier molecular flexibility index (Phi) is 5.13. The topological polar surface area (TPSA) is 38.0 Å². The number of hydrogen-bond acceptors (Lipinski definition) is 3. The van der Waals surface area contributed by atoms with Crippen molar-refractivity contribution in [3.05, 3.63) is 20.8 Å². The summed E-state index contributed by atoms with van der Waals surface area (Å²) >= 11 is 7.81. The van der Waals surface area contributed by atoms with Crippen molar-refractivity contribution in [2.45, 2.75) is 32.2 Å². The highest BCUT2D eigenvalue weighted by molar-refractivity contribution is 7.10. The predicted molar refractivity (Wildman–Crippen MR) is 66.8 cm³/mol. The monoisotopic (exact) mass is 242 g/mol. The van der Waals surface area contributed by atoms with Gasteiger partial charge in [-0.3, -0.25) is 11.3 Å². The molecule has 0 fully saturated rings. The number of halogens is 1. The number of terminal acetylenes is 1. The summed E-state index contributed by atoms with van der Waals surface area (Å²) in [7, 11) is 0. The van der Waals surface area contributed by atoms with Gasteiger partial charge in [0, 0.05) is 11.3 Å². The van der Waals surface area contributed by atoms with E-state index in [0.29, 0.717) is 0 Å². The molecule has 1 heterocycles. The summed E-state index contributed by atoms with van der Waals surface area (Å²) in [6.45, 7) is 2.00. The Labute approximate surface area is 99.8 Å². The highest BCUT2D eigenvalue weighted by atomic mass is 35.5. The Balaban J connectivity index is 2.66. The van der Waals surface area contributed by atoms with Crippen molar-refractivity contribution in [1.82, 2.24) is 5.43 Å². The molecule has 0 aliphatic carbocycles. The van der Waals surface area contributed by atoms with Gasteiger partial charge in [0.25, 0.3) is 0 Å². The molecule has 15 heavy (non-hydrogen) atoms. The molecule has 0 aliphatic rings. The molecule has 0 bridgehead atoms. The summed E-state index contributed by atoms with van der Waals surface area (Å²) in [5.41, 5.74) is 3.89. The molecular formula is C11H15ClN2S. The van der Waals surface area contributed by atoms with Crippen LogP contribution in [0.15, 0.2) is 5.38 Å². The van der Waals surface area contributed by atoms with E-state index in [2.05, 4.69) is 11.3 Å². The summed E-state index contributed by atoms with van der Waals surface area (Å²) in [6, 6.07) is 0.115. The molecule has 82 valence electrons. The van der Waals surface area contributed by atoms with Crippen molar-refractivity contribution in [1.29, 1.82) is 0 Å². The minimum absolute atomic E-state index is 0.115. The van der Waals surface area contributed by atoms with Crippen LogP contribution in [0.5, 0.6) is 0 Å². The first-order chi connectivity index (χ1) is 7.20. The Morgan fingerprint density at radius 1 is 1.73 bits per heavy atom. The zero-order valence-electron chi connectivity index (χ0n) is 8.72. The fraction of sp³-hybridized carbons (Fsp3) is 0.455. The molecule has 0 aromatic carbocycles. The molecule has 0 radical (unpaired) electrons. The molecule has 0 saturated carbocycles. The van der Waals surface area contributed by atoms with Crippen LogP contribution in [0.4, 0.5) is 0 Å². The molecule has 4 heteroatoms. The molecule has 0 saturated heterocycles. The molecule has 2 nitrogen and oxygen atoms in total. The summed E-state index contributed by atoms with van der Waals surface area (Å²) in [4.78, 5) is 1.11. The molecule has 1 rings (SSSR count). The molecular weight excluding hydrogens is 228 g/mol. The maximum Gasteiger partial charge on any atom is 0.0590 e. The maximum atomic E-state index is 6.17. The van der Waals surface area contributed by atoms with Crippen molar-refractivity contribution in [3.8, 4) is 12.3 Å². The number of rotatable bonds is 5. The number of hydrogen-bond donors (Lipinski definition) is 2. The summed E-state index contributed by atoms with van der Waals surface area (Å²) < 4.78 is 0. The second kappa shape index (κ2) is 6.14. The van der Waals surface area contributed by atoms with Crippen LogP contribution < -0.4 is 11.3 Å². The first kappa shape index (κ1) is 12.5. The van der Waals surface area contributed by atoms with Gasteiger partial charge in [0.05, 0.1) is 11.1 Å². The number of thiophene rings is 1. The third-order valence-corrected chi connectivity index (χ3v) is 4.08. The number of nitrogens with two attached hydrogens (primary N) is 1.